The van der Waals surface area contributed by atoms with Crippen LogP contribution >= 0.6 is 0 Å². The summed E-state index contributed by atoms with van der Waals surface area (Å²) in [6.07, 6.45) is 0.871. The van der Waals surface area contributed by atoms with E-state index in [1.165, 1.54) is 6.01 Å². The van der Waals surface area contributed by atoms with Crippen molar-refractivity contribution in [2.24, 2.45) is 15.7 Å². The van der Waals surface area contributed by atoms with Gasteiger partial charge in [-0.3, -0.25) is 0 Å². The smallest absolute Gasteiger partial charge is 0.0895 e. The summed E-state index contributed by atoms with van der Waals surface area (Å²) in [6, 6.07) is 3.82. The summed E-state index contributed by atoms with van der Waals surface area (Å²) in [5.41, 5.74) is 5.27. The minimum atomic E-state index is -0.103. The first-order valence-corrected chi connectivity index (χ1v) is 3.88. The van der Waals surface area contributed by atoms with Crippen molar-refractivity contribution in [3.63, 3.8) is 0 Å². The summed E-state index contributed by atoms with van der Waals surface area (Å²) in [7, 11) is 1.65. The maximum absolute atomic E-state index is 5.62. The molecule has 0 unspecified atom stereocenters. The first kappa shape index (κ1) is 14.3. The topological polar surface area (TPSA) is 98.4 Å². The standard InChI is InChI=1S/C7H15N3.CH2N2/c1-7(2,4-5-8)10-6-9-3;2-1-3/h4-5,8H2,1-3H3;2-3H. The summed E-state index contributed by atoms with van der Waals surface area (Å²) in [4.78, 5) is 7.71. The van der Waals surface area contributed by atoms with Crippen molar-refractivity contribution in [2.75, 3.05) is 13.6 Å². The van der Waals surface area contributed by atoms with Crippen LogP contribution in [-0.2, 0) is 0 Å². The molecular formula is C8H17N5. The minimum Gasteiger partial charge on any atom is -0.330 e. The molecule has 0 bridgehead atoms. The second-order valence-corrected chi connectivity index (χ2v) is 2.91. The second-order valence-electron chi connectivity index (χ2n) is 2.91. The fourth-order valence-electron chi connectivity index (χ4n) is 0.594. The molecule has 0 aromatic carbocycles. The van der Waals surface area contributed by atoms with Gasteiger partial charge in [-0.15, -0.1) is 0 Å². The van der Waals surface area contributed by atoms with Crippen molar-refractivity contribution in [3.05, 3.63) is 0 Å². The highest BCUT2D eigenvalue weighted by Crippen LogP contribution is 2.11. The van der Waals surface area contributed by atoms with Crippen LogP contribution in [0.25, 0.3) is 0 Å². The first-order valence-electron chi connectivity index (χ1n) is 3.88. The Kier molecular flexibility index (Phi) is 9.66. The zero-order valence-electron chi connectivity index (χ0n) is 8.39. The van der Waals surface area contributed by atoms with Crippen LogP contribution in [0.4, 0.5) is 0 Å². The van der Waals surface area contributed by atoms with Crippen LogP contribution in [0.2, 0.25) is 0 Å². The van der Waals surface area contributed by atoms with Crippen LogP contribution in [0.1, 0.15) is 20.3 Å². The third kappa shape index (κ3) is 13.7. The largest absolute Gasteiger partial charge is 0.330 e. The third-order valence-corrected chi connectivity index (χ3v) is 1.21. The van der Waals surface area contributed by atoms with Gasteiger partial charge in [-0.2, -0.15) is 0 Å². The van der Waals surface area contributed by atoms with Crippen molar-refractivity contribution < 1.29 is 0 Å². The van der Waals surface area contributed by atoms with E-state index in [1.807, 2.05) is 13.8 Å². The van der Waals surface area contributed by atoms with Gasteiger partial charge in [0.15, 0.2) is 0 Å². The molecule has 74 valence electrons. The lowest BCUT2D eigenvalue weighted by Gasteiger charge is -2.15. The van der Waals surface area contributed by atoms with Gasteiger partial charge in [0, 0.05) is 7.05 Å². The molecule has 0 atom stereocenters. The monoisotopic (exact) mass is 183 g/mol. The third-order valence-electron chi connectivity index (χ3n) is 1.21. The first-order chi connectivity index (χ1) is 6.04. The molecular weight excluding hydrogens is 166 g/mol. The lowest BCUT2D eigenvalue weighted by Crippen LogP contribution is -2.21. The Morgan fingerprint density at radius 2 is 1.85 bits per heavy atom. The molecule has 5 nitrogen and oxygen atoms in total. The van der Waals surface area contributed by atoms with Crippen LogP contribution in [0, 0.1) is 10.8 Å². The highest BCUT2D eigenvalue weighted by molar-refractivity contribution is 5.41. The number of nitrogens with zero attached hydrogens (tertiary/aromatic N) is 2. The summed E-state index contributed by atoms with van der Waals surface area (Å²) in [6.45, 7) is 4.68. The lowest BCUT2D eigenvalue weighted by atomic mass is 10.0. The number of hydrogen-bond donors (Lipinski definition) is 3. The number of nitrogens with one attached hydrogen (secondary N) is 2. The van der Waals surface area contributed by atoms with Crippen molar-refractivity contribution in [1.29, 1.82) is 10.8 Å². The molecule has 0 amide bonds. The van der Waals surface area contributed by atoms with E-state index in [0.29, 0.717) is 6.54 Å². The Morgan fingerprint density at radius 3 is 2.15 bits per heavy atom. The van der Waals surface area contributed by atoms with Crippen LogP contribution < -0.4 is 5.73 Å². The molecule has 0 aromatic heterocycles. The van der Waals surface area contributed by atoms with Gasteiger partial charge in [0.25, 0.3) is 0 Å². The fourth-order valence-corrected chi connectivity index (χ4v) is 0.594. The highest BCUT2D eigenvalue weighted by atomic mass is 14.9. The van der Waals surface area contributed by atoms with Gasteiger partial charge < -0.3 is 5.73 Å². The molecule has 0 saturated heterocycles. The molecule has 0 radical (unpaired) electrons. The molecule has 0 rings (SSSR count). The molecule has 0 aliphatic carbocycles. The molecule has 0 aliphatic rings. The van der Waals surface area contributed by atoms with E-state index in [1.54, 1.807) is 7.05 Å². The maximum Gasteiger partial charge on any atom is 0.0895 e. The fraction of sp³-hybridized carbons (Fsp3) is 0.750. The average molecular weight is 183 g/mol. The van der Waals surface area contributed by atoms with Crippen LogP contribution in [0.3, 0.4) is 0 Å². The number of aliphatic imine (C=N–C) groups is 2. The van der Waals surface area contributed by atoms with Crippen molar-refractivity contribution >= 4 is 12.0 Å². The second kappa shape index (κ2) is 8.81. The van der Waals surface area contributed by atoms with E-state index in [9.17, 15) is 0 Å². The number of rotatable bonds is 3. The summed E-state index contributed by atoms with van der Waals surface area (Å²) in [5, 5.41) is 11.2. The SMILES string of the molecule is CN=C=NC(C)(C)CCN.N=C=N. The zero-order chi connectivity index (χ0) is 10.7. The normalized spacial score (nSPS) is 8.62. The van der Waals surface area contributed by atoms with Crippen molar-refractivity contribution in [1.82, 2.24) is 0 Å². The Balaban J connectivity index is 0. The maximum atomic E-state index is 5.62. The Hall–Kier alpha value is -1.28. The Bertz CT molecular complexity index is 207. The molecule has 0 aromatic rings. The summed E-state index contributed by atoms with van der Waals surface area (Å²) < 4.78 is 0. The van der Waals surface area contributed by atoms with Gasteiger partial charge in [0.2, 0.25) is 0 Å². The number of nitrogens with two attached hydrogens (primary N) is 1. The van der Waals surface area contributed by atoms with Crippen molar-refractivity contribution in [3.8, 4) is 0 Å². The Labute approximate surface area is 78.8 Å². The van der Waals surface area contributed by atoms with E-state index in [2.05, 4.69) is 16.0 Å². The molecule has 4 N–H and O–H groups in total. The molecule has 0 spiro atoms. The van der Waals surface area contributed by atoms with Gasteiger partial charge in [-0.05, 0) is 26.8 Å². The van der Waals surface area contributed by atoms with E-state index >= 15 is 0 Å². The van der Waals surface area contributed by atoms with Crippen LogP contribution in [0.15, 0.2) is 9.98 Å². The van der Waals surface area contributed by atoms with E-state index < -0.39 is 0 Å². The van der Waals surface area contributed by atoms with Crippen LogP contribution in [-0.4, -0.2) is 31.1 Å². The molecule has 13 heavy (non-hydrogen) atoms. The lowest BCUT2D eigenvalue weighted by molar-refractivity contribution is 0.490. The minimum absolute atomic E-state index is 0.103. The van der Waals surface area contributed by atoms with Crippen molar-refractivity contribution in [2.45, 2.75) is 25.8 Å². The van der Waals surface area contributed by atoms with E-state index in [-0.39, 0.29) is 5.54 Å². The molecule has 5 heteroatoms. The summed E-state index contributed by atoms with van der Waals surface area (Å²) >= 11 is 0. The van der Waals surface area contributed by atoms with Gasteiger partial charge in [0.05, 0.1) is 17.6 Å². The van der Waals surface area contributed by atoms with E-state index in [0.717, 1.165) is 6.42 Å². The molecule has 0 fully saturated rings. The van der Waals surface area contributed by atoms with Gasteiger partial charge in [-0.25, -0.2) is 20.8 Å². The molecule has 0 aliphatic heterocycles. The quantitative estimate of drug-likeness (QED) is 0.563. The van der Waals surface area contributed by atoms with Gasteiger partial charge >= 0.3 is 0 Å². The van der Waals surface area contributed by atoms with E-state index in [4.69, 9.17) is 16.6 Å². The zero-order valence-corrected chi connectivity index (χ0v) is 8.39. The predicted molar refractivity (Wildman–Crippen MR) is 54.0 cm³/mol. The van der Waals surface area contributed by atoms with Crippen LogP contribution in [0.5, 0.6) is 0 Å². The molecule has 0 saturated carbocycles. The average Bonchev–Trinajstić information content (AvgIpc) is 2.02. The molecule has 0 heterocycles. The number of hydrogen-bond acceptors (Lipinski definition) is 5. The van der Waals surface area contributed by atoms with Gasteiger partial charge in [0.1, 0.15) is 0 Å². The Morgan fingerprint density at radius 1 is 1.38 bits per heavy atom. The summed E-state index contributed by atoms with van der Waals surface area (Å²) in [5.74, 6) is 0. The van der Waals surface area contributed by atoms with Gasteiger partial charge in [-0.1, -0.05) is 0 Å². The highest BCUT2D eigenvalue weighted by Gasteiger charge is 2.13. The predicted octanol–water partition coefficient (Wildman–Crippen LogP) is 1.24.